The van der Waals surface area contributed by atoms with Gasteiger partial charge in [-0.05, 0) is 12.1 Å². The van der Waals surface area contributed by atoms with E-state index in [4.69, 9.17) is 9.52 Å². The second-order valence-electron chi connectivity index (χ2n) is 5.18. The molecule has 0 saturated heterocycles. The second kappa shape index (κ2) is 8.32. The first kappa shape index (κ1) is 18.5. The number of carbonyl (C=O) groups excluding carboxylic acids is 1. The Morgan fingerprint density at radius 3 is 2.64 bits per heavy atom. The molecule has 6 nitrogen and oxygen atoms in total. The number of amides is 1. The summed E-state index contributed by atoms with van der Waals surface area (Å²) in [5.74, 6) is -2.41. The summed E-state index contributed by atoms with van der Waals surface area (Å²) >= 11 is 0. The number of nitrogens with zero attached hydrogens (tertiary/aromatic N) is 1. The van der Waals surface area contributed by atoms with E-state index >= 15 is 0 Å². The van der Waals surface area contributed by atoms with Crippen molar-refractivity contribution in [3.8, 4) is 11.3 Å². The van der Waals surface area contributed by atoms with E-state index < -0.39 is 36.6 Å². The Morgan fingerprint density at radius 1 is 1.28 bits per heavy atom. The van der Waals surface area contributed by atoms with Gasteiger partial charge in [0, 0.05) is 19.3 Å². The van der Waals surface area contributed by atoms with Crippen LogP contribution in [-0.4, -0.2) is 34.4 Å². The van der Waals surface area contributed by atoms with Gasteiger partial charge in [-0.25, -0.2) is 22.9 Å². The number of hydrogen-bond acceptors (Lipinski definition) is 4. The number of alkyl halides is 2. The summed E-state index contributed by atoms with van der Waals surface area (Å²) in [5, 5.41) is 10.8. The molecular weight excluding hydrogens is 341 g/mol. The van der Waals surface area contributed by atoms with Crippen LogP contribution >= 0.6 is 0 Å². The molecule has 25 heavy (non-hydrogen) atoms. The van der Waals surface area contributed by atoms with Crippen molar-refractivity contribution in [3.63, 3.8) is 0 Å². The first-order chi connectivity index (χ1) is 11.9. The van der Waals surface area contributed by atoms with Crippen LogP contribution in [0.25, 0.3) is 11.3 Å². The number of halogens is 3. The lowest BCUT2D eigenvalue weighted by Crippen LogP contribution is -2.42. The van der Waals surface area contributed by atoms with Gasteiger partial charge >= 0.3 is 5.97 Å². The van der Waals surface area contributed by atoms with Crippen molar-refractivity contribution in [2.45, 2.75) is 31.7 Å². The van der Waals surface area contributed by atoms with E-state index in [9.17, 15) is 22.8 Å². The highest BCUT2D eigenvalue weighted by molar-refractivity contribution is 5.83. The minimum Gasteiger partial charge on any atom is -0.480 e. The number of rotatable bonds is 8. The maximum absolute atomic E-state index is 13.7. The second-order valence-corrected chi connectivity index (χ2v) is 5.18. The third-order valence-corrected chi connectivity index (χ3v) is 3.31. The van der Waals surface area contributed by atoms with E-state index in [1.807, 2.05) is 5.32 Å². The zero-order chi connectivity index (χ0) is 18.4. The third kappa shape index (κ3) is 5.33. The zero-order valence-electron chi connectivity index (χ0n) is 12.9. The smallest absolute Gasteiger partial charge is 0.326 e. The third-order valence-electron chi connectivity index (χ3n) is 3.31. The van der Waals surface area contributed by atoms with E-state index in [-0.39, 0.29) is 30.1 Å². The Hall–Kier alpha value is -2.84. The number of hydrogen-bond donors (Lipinski definition) is 2. The van der Waals surface area contributed by atoms with Gasteiger partial charge in [-0.15, -0.1) is 0 Å². The fraction of sp³-hybridized carbons (Fsp3) is 0.312. The Morgan fingerprint density at radius 2 is 2.00 bits per heavy atom. The summed E-state index contributed by atoms with van der Waals surface area (Å²) in [6.45, 7) is 0. The molecule has 1 aromatic carbocycles. The highest BCUT2D eigenvalue weighted by Gasteiger charge is 2.24. The average Bonchev–Trinajstić information content (AvgIpc) is 3.01. The predicted molar refractivity (Wildman–Crippen MR) is 80.4 cm³/mol. The van der Waals surface area contributed by atoms with E-state index in [0.717, 1.165) is 0 Å². The summed E-state index contributed by atoms with van der Waals surface area (Å²) in [7, 11) is 0. The van der Waals surface area contributed by atoms with E-state index in [1.54, 1.807) is 6.07 Å². The SMILES string of the molecule is O=C(CCc1ncc(-c2ccccc2F)o1)NC(CC(F)F)C(=O)O. The summed E-state index contributed by atoms with van der Waals surface area (Å²) in [5.41, 5.74) is 0.216. The van der Waals surface area contributed by atoms with Crippen LogP contribution in [0, 0.1) is 5.82 Å². The van der Waals surface area contributed by atoms with Crippen LogP contribution < -0.4 is 5.32 Å². The first-order valence-electron chi connectivity index (χ1n) is 7.36. The van der Waals surface area contributed by atoms with Gasteiger partial charge < -0.3 is 14.8 Å². The average molecular weight is 356 g/mol. The highest BCUT2D eigenvalue weighted by atomic mass is 19.3. The van der Waals surface area contributed by atoms with Gasteiger partial charge in [-0.1, -0.05) is 12.1 Å². The number of aryl methyl sites for hydroxylation is 1. The molecule has 0 aliphatic rings. The lowest BCUT2D eigenvalue weighted by Gasteiger charge is -2.13. The monoisotopic (exact) mass is 356 g/mol. The number of nitrogens with one attached hydrogen (secondary N) is 1. The molecule has 0 radical (unpaired) electrons. The topological polar surface area (TPSA) is 92.4 Å². The summed E-state index contributed by atoms with van der Waals surface area (Å²) in [6.07, 6.45) is -2.71. The standard InChI is InChI=1S/C16H15F3N2O4/c17-10-4-2-1-3-9(10)12-8-20-15(25-12)6-5-14(22)21-11(16(23)24)7-13(18)19/h1-4,8,11,13H,5-7H2,(H,21,22)(H,23,24). The lowest BCUT2D eigenvalue weighted by atomic mass is 10.2. The maximum atomic E-state index is 13.7. The molecule has 1 unspecified atom stereocenters. The number of oxazole rings is 1. The van der Waals surface area contributed by atoms with Gasteiger partial charge in [-0.2, -0.15) is 0 Å². The summed E-state index contributed by atoms with van der Waals surface area (Å²) in [6, 6.07) is 4.27. The number of carboxylic acids is 1. The Labute approximate surface area is 140 Å². The Balaban J connectivity index is 1.92. The summed E-state index contributed by atoms with van der Waals surface area (Å²) in [4.78, 5) is 26.4. The molecule has 0 spiro atoms. The first-order valence-corrected chi connectivity index (χ1v) is 7.36. The molecule has 9 heteroatoms. The highest BCUT2D eigenvalue weighted by Crippen LogP contribution is 2.23. The number of aliphatic carboxylic acids is 1. The molecule has 1 heterocycles. The van der Waals surface area contributed by atoms with Gasteiger partial charge in [0.2, 0.25) is 12.3 Å². The van der Waals surface area contributed by atoms with Gasteiger partial charge in [0.15, 0.2) is 11.7 Å². The van der Waals surface area contributed by atoms with Gasteiger partial charge in [0.05, 0.1) is 11.8 Å². The van der Waals surface area contributed by atoms with E-state index in [2.05, 4.69) is 4.98 Å². The molecule has 134 valence electrons. The molecular formula is C16H15F3N2O4. The fourth-order valence-electron chi connectivity index (χ4n) is 2.10. The fourth-order valence-corrected chi connectivity index (χ4v) is 2.10. The molecule has 0 bridgehead atoms. The minimum atomic E-state index is -2.85. The number of carbonyl (C=O) groups is 2. The molecule has 0 saturated carbocycles. The predicted octanol–water partition coefficient (Wildman–Crippen LogP) is 2.64. The van der Waals surface area contributed by atoms with Gasteiger partial charge in [0.1, 0.15) is 11.9 Å². The minimum absolute atomic E-state index is 0.0152. The van der Waals surface area contributed by atoms with Crippen molar-refractivity contribution in [1.29, 1.82) is 0 Å². The largest absolute Gasteiger partial charge is 0.480 e. The lowest BCUT2D eigenvalue weighted by molar-refractivity contribution is -0.143. The molecule has 1 atom stereocenters. The molecule has 1 amide bonds. The van der Waals surface area contributed by atoms with Crippen LogP contribution in [0.15, 0.2) is 34.9 Å². The maximum Gasteiger partial charge on any atom is 0.326 e. The van der Waals surface area contributed by atoms with Crippen LogP contribution in [0.5, 0.6) is 0 Å². The number of aromatic nitrogens is 1. The van der Waals surface area contributed by atoms with E-state index in [0.29, 0.717) is 0 Å². The zero-order valence-corrected chi connectivity index (χ0v) is 12.9. The molecule has 0 aliphatic heterocycles. The molecule has 1 aromatic heterocycles. The molecule has 0 fully saturated rings. The van der Waals surface area contributed by atoms with Crippen LogP contribution in [0.3, 0.4) is 0 Å². The Kier molecular flexibility index (Phi) is 6.15. The van der Waals surface area contributed by atoms with Crippen molar-refractivity contribution in [3.05, 3.63) is 42.2 Å². The van der Waals surface area contributed by atoms with Gasteiger partial charge in [0.25, 0.3) is 0 Å². The van der Waals surface area contributed by atoms with Crippen molar-refractivity contribution < 1.29 is 32.3 Å². The summed E-state index contributed by atoms with van der Waals surface area (Å²) < 4.78 is 43.5. The molecule has 0 aliphatic carbocycles. The molecule has 2 aromatic rings. The normalized spacial score (nSPS) is 12.2. The van der Waals surface area contributed by atoms with Crippen molar-refractivity contribution in [2.24, 2.45) is 0 Å². The Bertz CT molecular complexity index is 748. The number of carboxylic acid groups (broad SMARTS) is 1. The van der Waals surface area contributed by atoms with Crippen LogP contribution in [0.1, 0.15) is 18.7 Å². The van der Waals surface area contributed by atoms with Crippen molar-refractivity contribution >= 4 is 11.9 Å². The molecule has 2 N–H and O–H groups in total. The van der Waals surface area contributed by atoms with Crippen LogP contribution in [-0.2, 0) is 16.0 Å². The van der Waals surface area contributed by atoms with Crippen LogP contribution in [0.2, 0.25) is 0 Å². The van der Waals surface area contributed by atoms with Crippen LogP contribution in [0.4, 0.5) is 13.2 Å². The quantitative estimate of drug-likeness (QED) is 0.759. The van der Waals surface area contributed by atoms with Crippen molar-refractivity contribution in [1.82, 2.24) is 10.3 Å². The van der Waals surface area contributed by atoms with Gasteiger partial charge in [-0.3, -0.25) is 4.79 Å². The van der Waals surface area contributed by atoms with Crippen molar-refractivity contribution in [2.75, 3.05) is 0 Å². The number of benzene rings is 1. The van der Waals surface area contributed by atoms with E-state index in [1.165, 1.54) is 24.4 Å². The molecule has 2 rings (SSSR count).